The van der Waals surface area contributed by atoms with E-state index in [0.29, 0.717) is 6.07 Å². The Balaban J connectivity index is 2.98. The van der Waals surface area contributed by atoms with Gasteiger partial charge >= 0.3 is 5.97 Å². The Morgan fingerprint density at radius 2 is 2.00 bits per heavy atom. The van der Waals surface area contributed by atoms with Crippen LogP contribution >= 0.6 is 11.6 Å². The number of halogens is 4. The molecule has 2 aromatic rings. The van der Waals surface area contributed by atoms with Crippen molar-refractivity contribution in [2.45, 2.75) is 6.92 Å². The van der Waals surface area contributed by atoms with Crippen molar-refractivity contribution in [3.05, 3.63) is 52.1 Å². The molecule has 23 heavy (non-hydrogen) atoms. The predicted molar refractivity (Wildman–Crippen MR) is 80.1 cm³/mol. The van der Waals surface area contributed by atoms with Crippen LogP contribution in [0.4, 0.5) is 13.2 Å². The van der Waals surface area contributed by atoms with Crippen molar-refractivity contribution in [2.75, 3.05) is 12.5 Å². The lowest BCUT2D eigenvalue weighted by Crippen LogP contribution is -2.22. The zero-order valence-electron chi connectivity index (χ0n) is 12.0. The van der Waals surface area contributed by atoms with Crippen LogP contribution in [0.5, 0.6) is 0 Å². The third-order valence-corrected chi connectivity index (χ3v) is 3.42. The van der Waals surface area contributed by atoms with Crippen molar-refractivity contribution in [2.24, 2.45) is 0 Å². The van der Waals surface area contributed by atoms with Gasteiger partial charge in [0.15, 0.2) is 17.5 Å². The minimum Gasteiger partial charge on any atom is -0.462 e. The number of esters is 1. The first-order valence-electron chi connectivity index (χ1n) is 6.47. The molecule has 0 aliphatic carbocycles. The average Bonchev–Trinajstić information content (AvgIpc) is 2.53. The van der Waals surface area contributed by atoms with Gasteiger partial charge in [-0.15, -0.1) is 11.6 Å². The van der Waals surface area contributed by atoms with Crippen LogP contribution in [-0.4, -0.2) is 23.0 Å². The summed E-state index contributed by atoms with van der Waals surface area (Å²) in [4.78, 5) is 24.1. The van der Waals surface area contributed by atoms with Gasteiger partial charge in [0.05, 0.1) is 23.4 Å². The first kappa shape index (κ1) is 17.1. The van der Waals surface area contributed by atoms with Crippen molar-refractivity contribution in [1.29, 1.82) is 0 Å². The molecule has 8 heteroatoms. The molecule has 0 bridgehead atoms. The summed E-state index contributed by atoms with van der Waals surface area (Å²) in [6, 6.07) is 0.525. The van der Waals surface area contributed by atoms with E-state index in [4.69, 9.17) is 16.3 Å². The van der Waals surface area contributed by atoms with E-state index in [1.807, 2.05) is 0 Å². The van der Waals surface area contributed by atoms with Gasteiger partial charge in [0.2, 0.25) is 5.43 Å². The minimum atomic E-state index is -1.74. The fourth-order valence-corrected chi connectivity index (χ4v) is 2.19. The number of pyridine rings is 1. The molecule has 4 nitrogen and oxygen atoms in total. The third-order valence-electron chi connectivity index (χ3n) is 3.12. The van der Waals surface area contributed by atoms with Gasteiger partial charge in [-0.05, 0) is 13.0 Å². The van der Waals surface area contributed by atoms with Crippen molar-refractivity contribution in [3.8, 4) is 0 Å². The Kier molecular flexibility index (Phi) is 4.79. The lowest BCUT2D eigenvalue weighted by atomic mass is 10.1. The van der Waals surface area contributed by atoms with Crippen molar-refractivity contribution in [1.82, 2.24) is 4.57 Å². The molecule has 1 heterocycles. The molecule has 0 spiro atoms. The molecule has 2 rings (SSSR count). The number of aromatic nitrogens is 1. The summed E-state index contributed by atoms with van der Waals surface area (Å²) in [6.45, 7) is 5.09. The SMILES string of the molecule is C=C(CCl)n1cc(C(=O)OCC)c(=O)c2cc(F)c(F)c(F)c21. The van der Waals surface area contributed by atoms with E-state index in [1.54, 1.807) is 0 Å². The third kappa shape index (κ3) is 2.84. The Morgan fingerprint density at radius 1 is 1.35 bits per heavy atom. The number of benzene rings is 1. The van der Waals surface area contributed by atoms with Crippen molar-refractivity contribution >= 4 is 34.2 Å². The molecule has 0 amide bonds. The fourth-order valence-electron chi connectivity index (χ4n) is 2.06. The van der Waals surface area contributed by atoms with Gasteiger partial charge < -0.3 is 9.30 Å². The Morgan fingerprint density at radius 3 is 2.57 bits per heavy atom. The smallest absolute Gasteiger partial charge is 0.343 e. The van der Waals surface area contributed by atoms with Crippen LogP contribution < -0.4 is 5.43 Å². The maximum absolute atomic E-state index is 14.1. The monoisotopic (exact) mass is 345 g/mol. The average molecular weight is 346 g/mol. The zero-order valence-corrected chi connectivity index (χ0v) is 12.7. The number of hydrogen-bond acceptors (Lipinski definition) is 3. The number of allylic oxidation sites excluding steroid dienone is 1. The fraction of sp³-hybridized carbons (Fsp3) is 0.200. The van der Waals surface area contributed by atoms with Gasteiger partial charge in [-0.25, -0.2) is 18.0 Å². The van der Waals surface area contributed by atoms with Crippen molar-refractivity contribution in [3.63, 3.8) is 0 Å². The molecule has 0 fully saturated rings. The molecule has 122 valence electrons. The van der Waals surface area contributed by atoms with E-state index in [0.717, 1.165) is 10.8 Å². The second-order valence-electron chi connectivity index (χ2n) is 4.54. The molecular weight excluding hydrogens is 335 g/mol. The maximum atomic E-state index is 14.1. The topological polar surface area (TPSA) is 48.3 Å². The summed E-state index contributed by atoms with van der Waals surface area (Å²) < 4.78 is 46.7. The van der Waals surface area contributed by atoms with E-state index >= 15 is 0 Å². The van der Waals surface area contributed by atoms with E-state index in [9.17, 15) is 22.8 Å². The molecule has 0 radical (unpaired) electrons. The highest BCUT2D eigenvalue weighted by Gasteiger charge is 2.23. The molecule has 0 aliphatic heterocycles. The molecular formula is C15H11ClF3NO3. The molecule has 0 aliphatic rings. The van der Waals surface area contributed by atoms with Gasteiger partial charge in [0.25, 0.3) is 0 Å². The van der Waals surface area contributed by atoms with Gasteiger partial charge in [-0.3, -0.25) is 4.79 Å². The number of carbonyl (C=O) groups is 1. The molecule has 0 unspecified atom stereocenters. The maximum Gasteiger partial charge on any atom is 0.343 e. The normalized spacial score (nSPS) is 10.8. The van der Waals surface area contributed by atoms with Crippen LogP contribution in [0, 0.1) is 17.5 Å². The number of fused-ring (bicyclic) bond motifs is 1. The molecule has 0 atom stereocenters. The second kappa shape index (κ2) is 6.45. The summed E-state index contributed by atoms with van der Waals surface area (Å²) in [6.07, 6.45) is 0.952. The van der Waals surface area contributed by atoms with Gasteiger partial charge in [0, 0.05) is 11.9 Å². The van der Waals surface area contributed by atoms with Crippen LogP contribution in [0.1, 0.15) is 17.3 Å². The lowest BCUT2D eigenvalue weighted by Gasteiger charge is -2.15. The van der Waals surface area contributed by atoms with E-state index in [2.05, 4.69) is 6.58 Å². The molecule has 1 aromatic carbocycles. The van der Waals surface area contributed by atoms with Crippen LogP contribution in [0.25, 0.3) is 16.6 Å². The first-order valence-corrected chi connectivity index (χ1v) is 7.01. The largest absolute Gasteiger partial charge is 0.462 e. The highest BCUT2D eigenvalue weighted by molar-refractivity contribution is 6.22. The lowest BCUT2D eigenvalue weighted by molar-refractivity contribution is 0.0524. The van der Waals surface area contributed by atoms with Crippen molar-refractivity contribution < 1.29 is 22.7 Å². The van der Waals surface area contributed by atoms with Crippen LogP contribution in [0.3, 0.4) is 0 Å². The quantitative estimate of drug-likeness (QED) is 0.485. The molecule has 1 aromatic heterocycles. The first-order chi connectivity index (χ1) is 10.8. The molecule has 0 N–H and O–H groups in total. The Labute approximate surface area is 133 Å². The Hall–Kier alpha value is -2.28. The minimum absolute atomic E-state index is 0.00109. The summed E-state index contributed by atoms with van der Waals surface area (Å²) in [5.74, 6) is -6.02. The van der Waals surface area contributed by atoms with Crippen LogP contribution in [0.2, 0.25) is 0 Å². The number of nitrogens with zero attached hydrogens (tertiary/aromatic N) is 1. The van der Waals surface area contributed by atoms with E-state index in [-0.39, 0.29) is 18.2 Å². The molecule has 0 saturated carbocycles. The van der Waals surface area contributed by atoms with Gasteiger partial charge in [0.1, 0.15) is 5.56 Å². The predicted octanol–water partition coefficient (Wildman–Crippen LogP) is 3.31. The summed E-state index contributed by atoms with van der Waals surface area (Å²) in [5.41, 5.74) is -1.93. The highest BCUT2D eigenvalue weighted by atomic mass is 35.5. The number of rotatable bonds is 4. The van der Waals surface area contributed by atoms with Crippen LogP contribution in [0.15, 0.2) is 23.6 Å². The number of hydrogen-bond donors (Lipinski definition) is 0. The van der Waals surface area contributed by atoms with E-state index < -0.39 is 45.3 Å². The van der Waals surface area contributed by atoms with E-state index in [1.165, 1.54) is 6.92 Å². The standard InChI is InChI=1S/C15H11ClF3NO3/c1-3-23-15(22)9-6-20(7(2)5-16)13-8(14(9)21)4-10(17)11(18)12(13)19/h4,6H,2-3,5H2,1H3. The summed E-state index contributed by atoms with van der Waals surface area (Å²) >= 11 is 5.64. The zero-order chi connectivity index (χ0) is 17.3. The molecule has 0 saturated heterocycles. The van der Waals surface area contributed by atoms with Gasteiger partial charge in [-0.2, -0.15) is 0 Å². The van der Waals surface area contributed by atoms with Gasteiger partial charge in [-0.1, -0.05) is 6.58 Å². The summed E-state index contributed by atoms with van der Waals surface area (Å²) in [7, 11) is 0. The number of ether oxygens (including phenoxy) is 1. The Bertz CT molecular complexity index is 877. The van der Waals surface area contributed by atoms with Crippen LogP contribution in [-0.2, 0) is 4.74 Å². The number of alkyl halides is 1. The highest BCUT2D eigenvalue weighted by Crippen LogP contribution is 2.24. The summed E-state index contributed by atoms with van der Waals surface area (Å²) in [5, 5.41) is -0.516. The second-order valence-corrected chi connectivity index (χ2v) is 4.81. The number of carbonyl (C=O) groups excluding carboxylic acids is 1.